The Hall–Kier alpha value is -5.91. The molecule has 0 amide bonds. The highest BCUT2D eigenvalue weighted by Crippen LogP contribution is 2.36. The van der Waals surface area contributed by atoms with Gasteiger partial charge in [0.2, 0.25) is 0 Å². The largest absolute Gasteiger partial charge is 0.426 e. The molecule has 2 aromatic heterocycles. The highest BCUT2D eigenvalue weighted by atomic mass is 19.1. The number of nitrogen functional groups attached to an aromatic ring is 1. The Morgan fingerprint density at radius 3 is 1.95 bits per heavy atom. The first-order valence-electron chi connectivity index (χ1n) is 13.8. The van der Waals surface area contributed by atoms with E-state index in [1.165, 1.54) is 0 Å². The number of halogens is 2. The van der Waals surface area contributed by atoms with Crippen LogP contribution in [0.1, 0.15) is 0 Å². The van der Waals surface area contributed by atoms with Gasteiger partial charge in [0, 0.05) is 44.4 Å². The van der Waals surface area contributed by atoms with E-state index in [0.717, 1.165) is 32.9 Å². The van der Waals surface area contributed by atoms with Crippen LogP contribution in [-0.4, -0.2) is 35.0 Å². The Morgan fingerprint density at radius 1 is 0.659 bits per heavy atom. The molecule has 0 radical (unpaired) electrons. The molecule has 44 heavy (non-hydrogen) atoms. The SMILES string of the molecule is Nc1cccc2cccc(NBc3c(F)c4c5nonc5c(B5Nc6cccc7cccc(c67)N5)c(F)c4c4nonc34)c12. The van der Waals surface area contributed by atoms with Crippen molar-refractivity contribution in [2.75, 3.05) is 21.4 Å². The van der Waals surface area contributed by atoms with E-state index in [1.807, 2.05) is 66.7 Å². The number of benzene rings is 6. The van der Waals surface area contributed by atoms with Crippen LogP contribution in [0.5, 0.6) is 0 Å². The van der Waals surface area contributed by atoms with Gasteiger partial charge in [-0.25, -0.2) is 18.0 Å². The Kier molecular flexibility index (Phi) is 5.07. The minimum atomic E-state index is -0.787. The summed E-state index contributed by atoms with van der Waals surface area (Å²) in [6.07, 6.45) is 0. The fraction of sp³-hybridized carbons (Fsp3) is 0. The minimum absolute atomic E-state index is 0.0252. The topological polar surface area (TPSA) is 140 Å². The van der Waals surface area contributed by atoms with Crippen molar-refractivity contribution in [2.24, 2.45) is 0 Å². The average Bonchev–Trinajstić information content (AvgIpc) is 3.71. The maximum Gasteiger partial charge on any atom is 0.411 e. The molecule has 0 saturated heterocycles. The second kappa shape index (κ2) is 9.04. The zero-order valence-electron chi connectivity index (χ0n) is 22.7. The first kappa shape index (κ1) is 24.7. The number of nitrogens with zero attached hydrogens (tertiary/aromatic N) is 4. The van der Waals surface area contributed by atoms with E-state index in [0.29, 0.717) is 11.4 Å². The maximum absolute atomic E-state index is 16.8. The molecule has 0 fully saturated rings. The molecule has 6 aromatic carbocycles. The lowest BCUT2D eigenvalue weighted by Gasteiger charge is -2.27. The highest BCUT2D eigenvalue weighted by Gasteiger charge is 2.36. The molecule has 0 atom stereocenters. The van der Waals surface area contributed by atoms with Crippen LogP contribution in [0.4, 0.5) is 31.5 Å². The van der Waals surface area contributed by atoms with Crippen molar-refractivity contribution in [2.45, 2.75) is 0 Å². The number of aromatic nitrogens is 4. The van der Waals surface area contributed by atoms with Crippen molar-refractivity contribution in [3.8, 4) is 0 Å². The molecule has 0 bridgehead atoms. The third-order valence-electron chi connectivity index (χ3n) is 8.37. The number of rotatable bonds is 4. The van der Waals surface area contributed by atoms with Crippen LogP contribution < -0.4 is 32.3 Å². The number of hydrogen-bond acceptors (Lipinski definition) is 10. The van der Waals surface area contributed by atoms with Gasteiger partial charge < -0.3 is 21.4 Å². The smallest absolute Gasteiger partial charge is 0.411 e. The second-order valence-electron chi connectivity index (χ2n) is 10.7. The van der Waals surface area contributed by atoms with Crippen LogP contribution in [0, 0.1) is 11.6 Å². The molecule has 1 aliphatic rings. The summed E-state index contributed by atoms with van der Waals surface area (Å²) in [5, 5.41) is 29.5. The van der Waals surface area contributed by atoms with E-state index < -0.39 is 18.6 Å². The zero-order chi connectivity index (χ0) is 29.5. The molecule has 210 valence electrons. The molecule has 8 aromatic rings. The fourth-order valence-electron chi connectivity index (χ4n) is 6.44. The summed E-state index contributed by atoms with van der Waals surface area (Å²) < 4.78 is 43.6. The zero-order valence-corrected chi connectivity index (χ0v) is 22.7. The lowest BCUT2D eigenvalue weighted by molar-refractivity contribution is 0.316. The van der Waals surface area contributed by atoms with Crippen LogP contribution in [0.3, 0.4) is 0 Å². The summed E-state index contributed by atoms with van der Waals surface area (Å²) in [5.41, 5.74) is 9.62. The molecular weight excluding hydrogens is 564 g/mol. The van der Waals surface area contributed by atoms with E-state index >= 15 is 8.78 Å². The predicted molar refractivity (Wildman–Crippen MR) is 170 cm³/mol. The third kappa shape index (κ3) is 3.35. The quantitative estimate of drug-likeness (QED) is 0.175. The van der Waals surface area contributed by atoms with Crippen molar-refractivity contribution in [1.29, 1.82) is 0 Å². The average molecular weight is 582 g/mol. The minimum Gasteiger partial charge on any atom is -0.426 e. The number of nitrogens with one attached hydrogen (secondary N) is 3. The van der Waals surface area contributed by atoms with Crippen LogP contribution in [0.25, 0.3) is 54.4 Å². The standard InChI is InChI=1S/C30H18B2F2N8O2/c33-25-21-22(27-29(41-43-39-27)23(25)31-36-16-10-2-6-13-5-1-9-15(35)19(13)16)26(34)24(30-28(21)40-44-42-30)32-37-17-11-3-7-14-8-4-12-18(38-32)20(14)17/h1-12,31,36-38H,35H2. The van der Waals surface area contributed by atoms with E-state index in [9.17, 15) is 0 Å². The highest BCUT2D eigenvalue weighted by molar-refractivity contribution is 6.82. The molecular formula is C30H18B2F2N8O2. The van der Waals surface area contributed by atoms with Crippen molar-refractivity contribution >= 4 is 102 Å². The molecule has 3 heterocycles. The fourth-order valence-corrected chi connectivity index (χ4v) is 6.44. The summed E-state index contributed by atoms with van der Waals surface area (Å²) in [4.78, 5) is 0. The van der Waals surface area contributed by atoms with Gasteiger partial charge in [-0.15, -0.1) is 0 Å². The number of hydrogen-bond donors (Lipinski definition) is 4. The third-order valence-corrected chi connectivity index (χ3v) is 8.37. The number of anilines is 4. The summed E-state index contributed by atoms with van der Waals surface area (Å²) in [6.45, 7) is -0.787. The molecule has 9 rings (SSSR count). The molecule has 0 unspecified atom stereocenters. The maximum atomic E-state index is 16.8. The Bertz CT molecular complexity index is 2440. The lowest BCUT2D eigenvalue weighted by atomic mass is 9.64. The molecule has 14 heteroatoms. The monoisotopic (exact) mass is 582 g/mol. The van der Waals surface area contributed by atoms with E-state index in [2.05, 4.69) is 36.3 Å². The molecule has 1 aliphatic heterocycles. The van der Waals surface area contributed by atoms with Gasteiger partial charge in [0.05, 0.1) is 10.8 Å². The Balaban J connectivity index is 1.22. The molecule has 10 nitrogen and oxygen atoms in total. The normalized spacial score (nSPS) is 12.7. The van der Waals surface area contributed by atoms with E-state index in [-0.39, 0.29) is 51.2 Å². The van der Waals surface area contributed by atoms with Crippen molar-refractivity contribution < 1.29 is 18.0 Å². The Morgan fingerprint density at radius 2 is 1.23 bits per heavy atom. The summed E-state index contributed by atoms with van der Waals surface area (Å²) >= 11 is 0. The van der Waals surface area contributed by atoms with Crippen molar-refractivity contribution in [1.82, 2.24) is 20.6 Å². The van der Waals surface area contributed by atoms with Crippen molar-refractivity contribution in [3.63, 3.8) is 0 Å². The van der Waals surface area contributed by atoms with Gasteiger partial charge in [-0.05, 0) is 45.4 Å². The summed E-state index contributed by atoms with van der Waals surface area (Å²) in [6, 6.07) is 23.0. The molecule has 0 aliphatic carbocycles. The summed E-state index contributed by atoms with van der Waals surface area (Å²) in [5.74, 6) is -1.49. The van der Waals surface area contributed by atoms with Gasteiger partial charge in [-0.2, -0.15) is 0 Å². The lowest BCUT2D eigenvalue weighted by Crippen LogP contribution is -2.50. The van der Waals surface area contributed by atoms with Crippen molar-refractivity contribution in [3.05, 3.63) is 84.4 Å². The molecule has 0 saturated carbocycles. The summed E-state index contributed by atoms with van der Waals surface area (Å²) in [7, 11) is -0.0252. The van der Waals surface area contributed by atoms with Gasteiger partial charge in [-0.1, -0.05) is 58.8 Å². The van der Waals surface area contributed by atoms with Gasteiger partial charge >= 0.3 is 6.98 Å². The van der Waals surface area contributed by atoms with Crippen LogP contribution >= 0.6 is 0 Å². The van der Waals surface area contributed by atoms with E-state index in [1.54, 1.807) is 6.07 Å². The number of nitrogens with two attached hydrogens (primary N) is 1. The van der Waals surface area contributed by atoms with Gasteiger partial charge in [-0.3, -0.25) is 0 Å². The van der Waals surface area contributed by atoms with Gasteiger partial charge in [0.1, 0.15) is 33.7 Å². The van der Waals surface area contributed by atoms with Crippen LogP contribution in [-0.2, 0) is 0 Å². The molecule has 0 spiro atoms. The van der Waals surface area contributed by atoms with Gasteiger partial charge in [0.15, 0.2) is 0 Å². The van der Waals surface area contributed by atoms with Gasteiger partial charge in [0.25, 0.3) is 7.41 Å². The number of fused-ring (bicyclic) bond motifs is 6. The predicted octanol–water partition coefficient (Wildman–Crippen LogP) is 4.40. The Labute approximate surface area is 246 Å². The molecule has 5 N–H and O–H groups in total. The first-order chi connectivity index (χ1) is 21.6. The second-order valence-corrected chi connectivity index (χ2v) is 10.7. The van der Waals surface area contributed by atoms with E-state index in [4.69, 9.17) is 15.0 Å². The van der Waals surface area contributed by atoms with Crippen LogP contribution in [0.2, 0.25) is 0 Å². The van der Waals surface area contributed by atoms with Crippen LogP contribution in [0.15, 0.2) is 82.1 Å². The first-order valence-corrected chi connectivity index (χ1v) is 13.8.